The van der Waals surface area contributed by atoms with Crippen molar-refractivity contribution in [2.75, 3.05) is 0 Å². The molecule has 1 aliphatic carbocycles. The quantitative estimate of drug-likeness (QED) is 0.595. The highest BCUT2D eigenvalue weighted by atomic mass is 16.5. The molecule has 1 atom stereocenters. The second kappa shape index (κ2) is 6.40. The van der Waals surface area contributed by atoms with Gasteiger partial charge in [0.15, 0.2) is 5.76 Å². The number of fused-ring (bicyclic) bond motifs is 1. The van der Waals surface area contributed by atoms with Gasteiger partial charge in [-0.2, -0.15) is 0 Å². The van der Waals surface area contributed by atoms with E-state index in [4.69, 9.17) is 4.52 Å². The number of nitrogens with zero attached hydrogens (tertiary/aromatic N) is 1. The summed E-state index contributed by atoms with van der Waals surface area (Å²) in [7, 11) is 0. The molecule has 26 heavy (non-hydrogen) atoms. The molecule has 0 saturated heterocycles. The third-order valence-electron chi connectivity index (χ3n) is 6.87. The highest BCUT2D eigenvalue weighted by Gasteiger charge is 2.48. The number of hydrogen-bond donors (Lipinski definition) is 0. The molecule has 0 aliphatic heterocycles. The third kappa shape index (κ3) is 2.84. The van der Waals surface area contributed by atoms with E-state index in [9.17, 15) is 0 Å². The van der Waals surface area contributed by atoms with E-state index in [0.29, 0.717) is 11.8 Å². The molecule has 0 saturated carbocycles. The Hall–Kier alpha value is -1.83. The molecule has 2 heteroatoms. The van der Waals surface area contributed by atoms with Gasteiger partial charge in [-0.1, -0.05) is 72.7 Å². The number of hydrogen-bond acceptors (Lipinski definition) is 2. The van der Waals surface area contributed by atoms with Crippen LogP contribution in [-0.2, 0) is 10.8 Å². The van der Waals surface area contributed by atoms with Crippen molar-refractivity contribution in [3.05, 3.63) is 52.4 Å². The van der Waals surface area contributed by atoms with Crippen LogP contribution in [0.1, 0.15) is 95.7 Å². The van der Waals surface area contributed by atoms with Gasteiger partial charge in [-0.05, 0) is 63.0 Å². The molecule has 0 spiro atoms. The van der Waals surface area contributed by atoms with Gasteiger partial charge >= 0.3 is 0 Å². The zero-order valence-corrected chi connectivity index (χ0v) is 17.6. The molecule has 0 bridgehead atoms. The van der Waals surface area contributed by atoms with Gasteiger partial charge in [0, 0.05) is 6.07 Å². The summed E-state index contributed by atoms with van der Waals surface area (Å²) >= 11 is 0. The van der Waals surface area contributed by atoms with Gasteiger partial charge in [-0.15, -0.1) is 0 Å². The molecule has 0 fully saturated rings. The van der Waals surface area contributed by atoms with E-state index in [1.807, 2.05) is 6.07 Å². The first-order chi connectivity index (χ1) is 12.1. The van der Waals surface area contributed by atoms with Crippen LogP contribution in [0.2, 0.25) is 0 Å². The maximum Gasteiger partial charge on any atom is 0.159 e. The molecule has 1 aromatic heterocycles. The maximum absolute atomic E-state index is 5.34. The van der Waals surface area contributed by atoms with Gasteiger partial charge in [0.1, 0.15) is 0 Å². The molecule has 140 valence electrons. The van der Waals surface area contributed by atoms with Crippen molar-refractivity contribution in [3.8, 4) is 0 Å². The lowest BCUT2D eigenvalue weighted by Crippen LogP contribution is -2.30. The smallest absolute Gasteiger partial charge is 0.159 e. The predicted octanol–water partition coefficient (Wildman–Crippen LogP) is 6.95. The molecule has 0 N–H and O–H groups in total. The molecular weight excluding hydrogens is 318 g/mol. The van der Waals surface area contributed by atoms with Crippen LogP contribution in [0.5, 0.6) is 0 Å². The fourth-order valence-electron chi connectivity index (χ4n) is 4.65. The minimum absolute atomic E-state index is 0.175. The van der Waals surface area contributed by atoms with Crippen molar-refractivity contribution in [2.24, 2.45) is 5.92 Å². The first kappa shape index (κ1) is 18.9. The Morgan fingerprint density at radius 2 is 1.77 bits per heavy atom. The maximum atomic E-state index is 5.34. The lowest BCUT2D eigenvalue weighted by atomic mass is 9.71. The molecule has 2 aromatic rings. The van der Waals surface area contributed by atoms with E-state index in [0.717, 1.165) is 12.2 Å². The van der Waals surface area contributed by atoms with E-state index in [-0.39, 0.29) is 10.8 Å². The van der Waals surface area contributed by atoms with Crippen LogP contribution in [0.15, 0.2) is 28.9 Å². The molecule has 0 radical (unpaired) electrons. The summed E-state index contributed by atoms with van der Waals surface area (Å²) in [6.07, 6.45) is 4.83. The van der Waals surface area contributed by atoms with Gasteiger partial charge in [-0.25, -0.2) is 0 Å². The number of rotatable bonds is 4. The molecule has 1 unspecified atom stereocenters. The van der Waals surface area contributed by atoms with Crippen molar-refractivity contribution in [1.82, 2.24) is 5.16 Å². The normalized spacial score (nSPS) is 21.3. The summed E-state index contributed by atoms with van der Waals surface area (Å²) in [6.45, 7) is 18.8. The standard InChI is InChI=1S/C24H33NO/c1-9-17(12-18-10-11-25-26-18)20-14-22-21(13-19(20)15(2)3)23(5,6)16(4)24(22,7)8/h10-16H,9H2,1-8H3. The number of benzene rings is 1. The lowest BCUT2D eigenvalue weighted by molar-refractivity contribution is 0.264. The monoisotopic (exact) mass is 351 g/mol. The van der Waals surface area contributed by atoms with Gasteiger partial charge < -0.3 is 4.52 Å². The van der Waals surface area contributed by atoms with Gasteiger partial charge in [0.05, 0.1) is 6.20 Å². The van der Waals surface area contributed by atoms with Crippen molar-refractivity contribution < 1.29 is 4.52 Å². The topological polar surface area (TPSA) is 26.0 Å². The van der Waals surface area contributed by atoms with E-state index in [1.54, 1.807) is 6.20 Å². The Bertz CT molecular complexity index is 822. The summed E-state index contributed by atoms with van der Waals surface area (Å²) in [6, 6.07) is 6.89. The fraction of sp³-hybridized carbons (Fsp3) is 0.542. The second-order valence-electron chi connectivity index (χ2n) is 9.24. The third-order valence-corrected chi connectivity index (χ3v) is 6.87. The molecule has 1 aromatic carbocycles. The van der Waals surface area contributed by atoms with Crippen LogP contribution in [0.25, 0.3) is 11.6 Å². The highest BCUT2D eigenvalue weighted by molar-refractivity contribution is 5.82. The molecule has 3 rings (SSSR count). The average Bonchev–Trinajstić information content (AvgIpc) is 3.14. The summed E-state index contributed by atoms with van der Waals surface area (Å²) in [4.78, 5) is 0. The molecule has 2 nitrogen and oxygen atoms in total. The van der Waals surface area contributed by atoms with Crippen molar-refractivity contribution in [1.29, 1.82) is 0 Å². The van der Waals surface area contributed by atoms with Crippen LogP contribution >= 0.6 is 0 Å². The Labute approximate surface area is 158 Å². The Kier molecular flexibility index (Phi) is 4.67. The van der Waals surface area contributed by atoms with E-state index in [2.05, 4.69) is 78.8 Å². The van der Waals surface area contributed by atoms with Gasteiger partial charge in [0.2, 0.25) is 0 Å². The zero-order chi connectivity index (χ0) is 19.3. The predicted molar refractivity (Wildman–Crippen MR) is 110 cm³/mol. The fourth-order valence-corrected chi connectivity index (χ4v) is 4.65. The molecule has 1 aliphatic rings. The Morgan fingerprint density at radius 3 is 2.27 bits per heavy atom. The van der Waals surface area contributed by atoms with E-state index >= 15 is 0 Å². The van der Waals surface area contributed by atoms with Crippen molar-refractivity contribution in [3.63, 3.8) is 0 Å². The van der Waals surface area contributed by atoms with Crippen LogP contribution in [0.4, 0.5) is 0 Å². The summed E-state index contributed by atoms with van der Waals surface area (Å²) in [5.74, 6) is 1.91. The average molecular weight is 352 g/mol. The minimum atomic E-state index is 0.175. The van der Waals surface area contributed by atoms with Gasteiger partial charge in [-0.3, -0.25) is 0 Å². The molecular formula is C24H33NO. The number of aromatic nitrogens is 1. The molecule has 1 heterocycles. The summed E-state index contributed by atoms with van der Waals surface area (Å²) in [5, 5.41) is 3.85. The SMILES string of the molecule is CCC(=Cc1ccno1)c1cc2c(cc1C(C)C)C(C)(C)C(C)C2(C)C. The summed E-state index contributed by atoms with van der Waals surface area (Å²) < 4.78 is 5.34. The first-order valence-corrected chi connectivity index (χ1v) is 9.91. The largest absolute Gasteiger partial charge is 0.357 e. The Balaban J connectivity index is 2.26. The van der Waals surface area contributed by atoms with E-state index in [1.165, 1.54) is 27.8 Å². The van der Waals surface area contributed by atoms with Crippen LogP contribution in [0, 0.1) is 5.92 Å². The summed E-state index contributed by atoms with van der Waals surface area (Å²) in [5.41, 5.74) is 7.53. The van der Waals surface area contributed by atoms with Crippen LogP contribution in [0.3, 0.4) is 0 Å². The zero-order valence-electron chi connectivity index (χ0n) is 17.6. The minimum Gasteiger partial charge on any atom is -0.357 e. The molecule has 0 amide bonds. The number of allylic oxidation sites excluding steroid dienone is 1. The highest BCUT2D eigenvalue weighted by Crippen LogP contribution is 2.55. The second-order valence-corrected chi connectivity index (χ2v) is 9.24. The lowest BCUT2D eigenvalue weighted by Gasteiger charge is -2.32. The first-order valence-electron chi connectivity index (χ1n) is 9.91. The Morgan fingerprint density at radius 1 is 1.15 bits per heavy atom. The van der Waals surface area contributed by atoms with E-state index < -0.39 is 0 Å². The van der Waals surface area contributed by atoms with Crippen LogP contribution in [-0.4, -0.2) is 5.16 Å². The van der Waals surface area contributed by atoms with Crippen molar-refractivity contribution >= 4 is 11.6 Å². The van der Waals surface area contributed by atoms with Crippen LogP contribution < -0.4 is 0 Å². The van der Waals surface area contributed by atoms with Crippen molar-refractivity contribution in [2.45, 2.75) is 78.6 Å². The van der Waals surface area contributed by atoms with Gasteiger partial charge in [0.25, 0.3) is 0 Å².